The molecule has 1 aromatic carbocycles. The maximum Gasteiger partial charge on any atom is 0.328 e. The normalized spacial score (nSPS) is 9.88. The van der Waals surface area contributed by atoms with Gasteiger partial charge in [0.1, 0.15) is 5.82 Å². The van der Waals surface area contributed by atoms with E-state index in [2.05, 4.69) is 27.8 Å². The number of aliphatic carboxylic acids is 1. The van der Waals surface area contributed by atoms with Crippen LogP contribution in [0.3, 0.4) is 0 Å². The predicted octanol–water partition coefficient (Wildman–Crippen LogP) is 2.67. The van der Waals surface area contributed by atoms with Crippen LogP contribution < -0.4 is 0 Å². The van der Waals surface area contributed by atoms with Gasteiger partial charge in [-0.3, -0.25) is 0 Å². The minimum atomic E-state index is -1.11. The second kappa shape index (κ2) is 6.09. The Kier molecular flexibility index (Phi) is 4.74. The van der Waals surface area contributed by atoms with E-state index < -0.39 is 11.8 Å². The summed E-state index contributed by atoms with van der Waals surface area (Å²) in [6.07, 6.45) is 2.09. The van der Waals surface area contributed by atoms with E-state index in [0.717, 1.165) is 6.08 Å². The molecule has 0 spiro atoms. The molecule has 16 heavy (non-hydrogen) atoms. The molecule has 0 saturated heterocycles. The lowest BCUT2D eigenvalue weighted by Crippen LogP contribution is -1.88. The summed E-state index contributed by atoms with van der Waals surface area (Å²) in [7, 11) is 0. The van der Waals surface area contributed by atoms with Crippen molar-refractivity contribution in [1.82, 2.24) is 0 Å². The Morgan fingerprint density at radius 1 is 1.56 bits per heavy atom. The molecule has 0 amide bonds. The molecule has 0 radical (unpaired) electrons. The van der Waals surface area contributed by atoms with Gasteiger partial charge < -0.3 is 5.11 Å². The molecular formula is C12H8BrFO2. The van der Waals surface area contributed by atoms with E-state index in [-0.39, 0.29) is 5.56 Å². The third-order valence-electron chi connectivity index (χ3n) is 1.70. The standard InChI is InChI=1S/C12H8BrFO2/c13-7-1-2-9-3-5-11(14)10(8-9)4-6-12(15)16/h3-6,8H,7H2,(H,15,16)/b6-4+. The van der Waals surface area contributed by atoms with Crippen molar-refractivity contribution in [3.63, 3.8) is 0 Å². The molecule has 0 fully saturated rings. The average Bonchev–Trinajstić information content (AvgIpc) is 2.26. The van der Waals surface area contributed by atoms with Crippen LogP contribution in [-0.4, -0.2) is 16.4 Å². The molecule has 0 atom stereocenters. The van der Waals surface area contributed by atoms with Crippen LogP contribution in [0.2, 0.25) is 0 Å². The lowest BCUT2D eigenvalue weighted by atomic mass is 10.1. The lowest BCUT2D eigenvalue weighted by Gasteiger charge is -1.97. The maximum absolute atomic E-state index is 13.2. The van der Waals surface area contributed by atoms with Crippen LogP contribution in [0.4, 0.5) is 4.39 Å². The second-order valence-electron chi connectivity index (χ2n) is 2.84. The summed E-state index contributed by atoms with van der Waals surface area (Å²) < 4.78 is 13.2. The van der Waals surface area contributed by atoms with E-state index in [1.165, 1.54) is 18.2 Å². The fourth-order valence-corrected chi connectivity index (χ4v) is 1.19. The monoisotopic (exact) mass is 282 g/mol. The summed E-state index contributed by atoms with van der Waals surface area (Å²) in [5.41, 5.74) is 0.856. The summed E-state index contributed by atoms with van der Waals surface area (Å²) in [6, 6.07) is 4.31. The Morgan fingerprint density at radius 2 is 2.31 bits per heavy atom. The number of alkyl halides is 1. The van der Waals surface area contributed by atoms with Gasteiger partial charge in [0.15, 0.2) is 0 Å². The van der Waals surface area contributed by atoms with Gasteiger partial charge in [0, 0.05) is 17.2 Å². The van der Waals surface area contributed by atoms with Crippen molar-refractivity contribution >= 4 is 28.0 Å². The van der Waals surface area contributed by atoms with Crippen LogP contribution in [-0.2, 0) is 4.79 Å². The van der Waals surface area contributed by atoms with Crippen LogP contribution in [0.15, 0.2) is 24.3 Å². The van der Waals surface area contributed by atoms with Crippen LogP contribution in [0.1, 0.15) is 11.1 Å². The van der Waals surface area contributed by atoms with Crippen LogP contribution >= 0.6 is 15.9 Å². The summed E-state index contributed by atoms with van der Waals surface area (Å²) in [4.78, 5) is 10.3. The molecule has 0 aliphatic carbocycles. The number of carbonyl (C=O) groups is 1. The number of hydrogen-bond acceptors (Lipinski definition) is 1. The van der Waals surface area contributed by atoms with Crippen molar-refractivity contribution in [2.45, 2.75) is 0 Å². The van der Waals surface area contributed by atoms with Gasteiger partial charge in [0.05, 0.1) is 5.33 Å². The van der Waals surface area contributed by atoms with Gasteiger partial charge in [-0.25, -0.2) is 9.18 Å². The molecule has 0 aliphatic heterocycles. The zero-order valence-corrected chi connectivity index (χ0v) is 9.79. The van der Waals surface area contributed by atoms with E-state index in [9.17, 15) is 9.18 Å². The number of halogens is 2. The Balaban J connectivity index is 3.03. The lowest BCUT2D eigenvalue weighted by molar-refractivity contribution is -0.131. The van der Waals surface area contributed by atoms with Gasteiger partial charge in [-0.2, -0.15) is 0 Å². The molecule has 0 aromatic heterocycles. The predicted molar refractivity (Wildman–Crippen MR) is 63.7 cm³/mol. The van der Waals surface area contributed by atoms with E-state index >= 15 is 0 Å². The molecule has 0 saturated carbocycles. The first-order chi connectivity index (χ1) is 7.63. The first kappa shape index (κ1) is 12.5. The smallest absolute Gasteiger partial charge is 0.328 e. The van der Waals surface area contributed by atoms with Gasteiger partial charge in [-0.05, 0) is 24.3 Å². The highest BCUT2D eigenvalue weighted by Crippen LogP contribution is 2.11. The fraction of sp³-hybridized carbons (Fsp3) is 0.0833. The number of rotatable bonds is 2. The highest BCUT2D eigenvalue weighted by Gasteiger charge is 1.99. The molecule has 0 unspecified atom stereocenters. The summed E-state index contributed by atoms with van der Waals surface area (Å²) in [5, 5.41) is 8.97. The number of hydrogen-bond donors (Lipinski definition) is 1. The van der Waals surface area contributed by atoms with E-state index in [4.69, 9.17) is 5.11 Å². The molecule has 1 N–H and O–H groups in total. The Morgan fingerprint density at radius 3 is 2.94 bits per heavy atom. The molecule has 82 valence electrons. The number of benzene rings is 1. The Hall–Kier alpha value is -1.60. The molecule has 0 heterocycles. The summed E-state index contributed by atoms with van der Waals surface area (Å²) >= 11 is 3.15. The van der Waals surface area contributed by atoms with Crippen LogP contribution in [0.5, 0.6) is 0 Å². The minimum absolute atomic E-state index is 0.212. The summed E-state index contributed by atoms with van der Waals surface area (Å²) in [6.45, 7) is 0. The Bertz CT molecular complexity index is 484. The zero-order valence-electron chi connectivity index (χ0n) is 8.21. The third kappa shape index (κ3) is 3.87. The quantitative estimate of drug-likeness (QED) is 0.514. The van der Waals surface area contributed by atoms with Crippen molar-refractivity contribution in [3.8, 4) is 11.8 Å². The average molecular weight is 283 g/mol. The topological polar surface area (TPSA) is 37.3 Å². The van der Waals surface area contributed by atoms with E-state index in [1.807, 2.05) is 0 Å². The highest BCUT2D eigenvalue weighted by molar-refractivity contribution is 9.09. The van der Waals surface area contributed by atoms with Gasteiger partial charge in [-0.15, -0.1) is 0 Å². The number of carboxylic acid groups (broad SMARTS) is 1. The van der Waals surface area contributed by atoms with Crippen LogP contribution in [0.25, 0.3) is 6.08 Å². The molecule has 0 bridgehead atoms. The highest BCUT2D eigenvalue weighted by atomic mass is 79.9. The van der Waals surface area contributed by atoms with Gasteiger partial charge in [0.2, 0.25) is 0 Å². The van der Waals surface area contributed by atoms with Crippen molar-refractivity contribution in [3.05, 3.63) is 41.2 Å². The first-order valence-electron chi connectivity index (χ1n) is 4.39. The summed E-state index contributed by atoms with van der Waals surface area (Å²) in [5.74, 6) is 4.00. The zero-order chi connectivity index (χ0) is 12.0. The van der Waals surface area contributed by atoms with Crippen molar-refractivity contribution < 1.29 is 14.3 Å². The molecule has 1 rings (SSSR count). The van der Waals surface area contributed by atoms with Crippen molar-refractivity contribution in [1.29, 1.82) is 0 Å². The van der Waals surface area contributed by atoms with E-state index in [0.29, 0.717) is 10.9 Å². The largest absolute Gasteiger partial charge is 0.478 e. The first-order valence-corrected chi connectivity index (χ1v) is 5.51. The minimum Gasteiger partial charge on any atom is -0.478 e. The molecule has 2 nitrogen and oxygen atoms in total. The van der Waals surface area contributed by atoms with E-state index in [1.54, 1.807) is 6.07 Å². The van der Waals surface area contributed by atoms with Gasteiger partial charge in [0.25, 0.3) is 0 Å². The SMILES string of the molecule is O=C(O)/C=C/c1cc(C#CCBr)ccc1F. The van der Waals surface area contributed by atoms with Crippen molar-refractivity contribution in [2.75, 3.05) is 5.33 Å². The fourth-order valence-electron chi connectivity index (χ4n) is 1.05. The van der Waals surface area contributed by atoms with Gasteiger partial charge >= 0.3 is 5.97 Å². The second-order valence-corrected chi connectivity index (χ2v) is 3.40. The molecule has 0 aliphatic rings. The Labute approximate surface area is 101 Å². The third-order valence-corrected chi connectivity index (χ3v) is 1.98. The number of carboxylic acids is 1. The molecule has 1 aromatic rings. The molecule has 4 heteroatoms. The van der Waals surface area contributed by atoms with Crippen LogP contribution in [0, 0.1) is 17.7 Å². The molecular weight excluding hydrogens is 275 g/mol. The van der Waals surface area contributed by atoms with Gasteiger partial charge in [-0.1, -0.05) is 27.8 Å². The maximum atomic E-state index is 13.2. The van der Waals surface area contributed by atoms with Crippen molar-refractivity contribution in [2.24, 2.45) is 0 Å².